The molecular weight excluding hydrogens is 268 g/mol. The number of allylic oxidation sites excluding steroid dienone is 2. The van der Waals surface area contributed by atoms with Crippen molar-refractivity contribution in [3.8, 4) is 0 Å². The number of hydrogen-bond donors (Lipinski definition) is 0. The van der Waals surface area contributed by atoms with Gasteiger partial charge in [0.1, 0.15) is 11.3 Å². The first-order valence-electron chi connectivity index (χ1n) is 5.66. The van der Waals surface area contributed by atoms with E-state index in [0.717, 1.165) is 20.8 Å². The Morgan fingerprint density at radius 1 is 0.750 bits per heavy atom. The van der Waals surface area contributed by atoms with E-state index in [1.54, 1.807) is 0 Å². The molecule has 0 bridgehead atoms. The average Bonchev–Trinajstić information content (AvgIpc) is 2.25. The third-order valence-electron chi connectivity index (χ3n) is 1.85. The SMILES string of the molecule is C/C=C(C(=O)OC(C)=O)\C(OC(C)=O)=C(/C)OC(C)=O. The van der Waals surface area contributed by atoms with Crippen LogP contribution in [0.2, 0.25) is 0 Å². The van der Waals surface area contributed by atoms with Crippen molar-refractivity contribution in [2.24, 2.45) is 0 Å². The fourth-order valence-corrected chi connectivity index (χ4v) is 1.25. The summed E-state index contributed by atoms with van der Waals surface area (Å²) in [7, 11) is 0. The summed E-state index contributed by atoms with van der Waals surface area (Å²) in [6, 6.07) is 0. The van der Waals surface area contributed by atoms with Crippen molar-refractivity contribution in [3.05, 3.63) is 23.2 Å². The number of carbonyl (C=O) groups excluding carboxylic acids is 4. The number of hydrogen-bond acceptors (Lipinski definition) is 7. The van der Waals surface area contributed by atoms with E-state index in [0.29, 0.717) is 0 Å². The summed E-state index contributed by atoms with van der Waals surface area (Å²) in [5, 5.41) is 0. The first kappa shape index (κ1) is 17.6. The highest BCUT2D eigenvalue weighted by Gasteiger charge is 2.23. The molecule has 0 aliphatic carbocycles. The van der Waals surface area contributed by atoms with Gasteiger partial charge in [-0.25, -0.2) is 4.79 Å². The van der Waals surface area contributed by atoms with Gasteiger partial charge in [-0.15, -0.1) is 0 Å². The predicted octanol–water partition coefficient (Wildman–Crippen LogP) is 1.38. The monoisotopic (exact) mass is 284 g/mol. The van der Waals surface area contributed by atoms with Crippen LogP contribution in [0.4, 0.5) is 0 Å². The summed E-state index contributed by atoms with van der Waals surface area (Å²) in [6.45, 7) is 6.13. The van der Waals surface area contributed by atoms with E-state index in [-0.39, 0.29) is 17.1 Å². The molecular formula is C13H16O7. The van der Waals surface area contributed by atoms with E-state index in [1.165, 1.54) is 19.9 Å². The predicted molar refractivity (Wildman–Crippen MR) is 66.8 cm³/mol. The molecule has 0 N–H and O–H groups in total. The molecule has 0 aromatic rings. The zero-order valence-corrected chi connectivity index (χ0v) is 11.9. The molecule has 0 fully saturated rings. The minimum absolute atomic E-state index is 0.0960. The van der Waals surface area contributed by atoms with E-state index >= 15 is 0 Å². The zero-order chi connectivity index (χ0) is 15.9. The maximum Gasteiger partial charge on any atom is 0.349 e. The molecule has 0 heterocycles. The largest absolute Gasteiger partial charge is 0.428 e. The van der Waals surface area contributed by atoms with Crippen molar-refractivity contribution < 1.29 is 33.4 Å². The van der Waals surface area contributed by atoms with Gasteiger partial charge in [-0.2, -0.15) is 0 Å². The molecule has 7 nitrogen and oxygen atoms in total. The highest BCUT2D eigenvalue weighted by Crippen LogP contribution is 2.19. The van der Waals surface area contributed by atoms with Crippen LogP contribution in [0.5, 0.6) is 0 Å². The second-order valence-corrected chi connectivity index (χ2v) is 3.66. The first-order valence-corrected chi connectivity index (χ1v) is 5.66. The normalized spacial score (nSPS) is 12.2. The molecule has 110 valence electrons. The molecule has 7 heteroatoms. The van der Waals surface area contributed by atoms with E-state index in [2.05, 4.69) is 4.74 Å². The third kappa shape index (κ3) is 5.94. The van der Waals surface area contributed by atoms with E-state index in [9.17, 15) is 19.2 Å². The highest BCUT2D eigenvalue weighted by atomic mass is 16.6. The summed E-state index contributed by atoms with van der Waals surface area (Å²) >= 11 is 0. The van der Waals surface area contributed by atoms with Crippen LogP contribution >= 0.6 is 0 Å². The van der Waals surface area contributed by atoms with Crippen LogP contribution in [0.25, 0.3) is 0 Å². The summed E-state index contributed by atoms with van der Waals surface area (Å²) < 4.78 is 14.0. The Balaban J connectivity index is 5.60. The summed E-state index contributed by atoms with van der Waals surface area (Å²) in [5.74, 6) is -3.57. The van der Waals surface area contributed by atoms with Gasteiger partial charge >= 0.3 is 23.9 Å². The van der Waals surface area contributed by atoms with Gasteiger partial charge in [-0.3, -0.25) is 14.4 Å². The van der Waals surface area contributed by atoms with E-state index in [4.69, 9.17) is 9.47 Å². The first-order chi connectivity index (χ1) is 9.18. The van der Waals surface area contributed by atoms with Crippen molar-refractivity contribution in [1.29, 1.82) is 0 Å². The molecule has 0 atom stereocenters. The Hall–Kier alpha value is -2.44. The molecule has 0 aromatic heterocycles. The van der Waals surface area contributed by atoms with Crippen LogP contribution in [0.15, 0.2) is 23.2 Å². The Kier molecular flexibility index (Phi) is 6.92. The molecule has 0 aliphatic heterocycles. The Bertz CT molecular complexity index is 497. The van der Waals surface area contributed by atoms with Crippen molar-refractivity contribution >= 4 is 23.9 Å². The van der Waals surface area contributed by atoms with Crippen LogP contribution < -0.4 is 0 Å². The van der Waals surface area contributed by atoms with Crippen molar-refractivity contribution in [2.45, 2.75) is 34.6 Å². The van der Waals surface area contributed by atoms with Gasteiger partial charge in [-0.1, -0.05) is 6.08 Å². The molecule has 0 aromatic carbocycles. The lowest BCUT2D eigenvalue weighted by Crippen LogP contribution is -2.17. The van der Waals surface area contributed by atoms with Crippen molar-refractivity contribution in [1.82, 2.24) is 0 Å². The van der Waals surface area contributed by atoms with Gasteiger partial charge in [0.15, 0.2) is 5.76 Å². The van der Waals surface area contributed by atoms with Gasteiger partial charge in [0.2, 0.25) is 0 Å². The summed E-state index contributed by atoms with van der Waals surface area (Å²) in [6.07, 6.45) is 1.27. The van der Waals surface area contributed by atoms with Gasteiger partial charge in [0, 0.05) is 20.8 Å². The molecule has 0 saturated heterocycles. The fraction of sp³-hybridized carbons (Fsp3) is 0.385. The smallest absolute Gasteiger partial charge is 0.349 e. The molecule has 0 unspecified atom stereocenters. The van der Waals surface area contributed by atoms with Crippen molar-refractivity contribution in [3.63, 3.8) is 0 Å². The van der Waals surface area contributed by atoms with Gasteiger partial charge in [-0.05, 0) is 13.8 Å². The van der Waals surface area contributed by atoms with Crippen LogP contribution in [-0.4, -0.2) is 23.9 Å². The lowest BCUT2D eigenvalue weighted by molar-refractivity contribution is -0.155. The number of rotatable bonds is 4. The lowest BCUT2D eigenvalue weighted by atomic mass is 10.2. The quantitative estimate of drug-likeness (QED) is 0.192. The van der Waals surface area contributed by atoms with Crippen LogP contribution in [0.1, 0.15) is 34.6 Å². The second kappa shape index (κ2) is 7.88. The Morgan fingerprint density at radius 3 is 1.55 bits per heavy atom. The minimum atomic E-state index is -1.01. The van der Waals surface area contributed by atoms with Gasteiger partial charge < -0.3 is 14.2 Å². The van der Waals surface area contributed by atoms with E-state index < -0.39 is 23.9 Å². The van der Waals surface area contributed by atoms with Gasteiger partial charge in [0.05, 0.1) is 0 Å². The van der Waals surface area contributed by atoms with E-state index in [1.807, 2.05) is 0 Å². The summed E-state index contributed by atoms with van der Waals surface area (Å²) in [4.78, 5) is 44.5. The standard InChI is InChI=1S/C13H16O7/c1-6-11(13(17)20-10(5)16)12(19-9(4)15)7(2)18-8(3)14/h6H,1-5H3/b11-6+,12-7-. The highest BCUT2D eigenvalue weighted by molar-refractivity contribution is 5.99. The minimum Gasteiger partial charge on any atom is -0.428 e. The average molecular weight is 284 g/mol. The maximum absolute atomic E-state index is 11.7. The molecule has 0 spiro atoms. The summed E-state index contributed by atoms with van der Waals surface area (Å²) in [5.41, 5.74) is -0.200. The number of ether oxygens (including phenoxy) is 3. The molecule has 0 saturated carbocycles. The zero-order valence-electron chi connectivity index (χ0n) is 11.9. The fourth-order valence-electron chi connectivity index (χ4n) is 1.25. The second-order valence-electron chi connectivity index (χ2n) is 3.66. The molecule has 0 rings (SSSR count). The maximum atomic E-state index is 11.7. The molecule has 20 heavy (non-hydrogen) atoms. The Labute approximate surface area is 116 Å². The molecule has 0 aliphatic rings. The van der Waals surface area contributed by atoms with Crippen LogP contribution in [0.3, 0.4) is 0 Å². The van der Waals surface area contributed by atoms with Crippen molar-refractivity contribution in [2.75, 3.05) is 0 Å². The lowest BCUT2D eigenvalue weighted by Gasteiger charge is -2.12. The van der Waals surface area contributed by atoms with Crippen LogP contribution in [0, 0.1) is 0 Å². The number of carbonyl (C=O) groups is 4. The third-order valence-corrected chi connectivity index (χ3v) is 1.85. The topological polar surface area (TPSA) is 96.0 Å². The van der Waals surface area contributed by atoms with Crippen LogP contribution in [-0.2, 0) is 33.4 Å². The Morgan fingerprint density at radius 2 is 1.20 bits per heavy atom. The number of esters is 4. The molecule has 0 amide bonds. The molecule has 0 radical (unpaired) electrons. The van der Waals surface area contributed by atoms with Gasteiger partial charge in [0.25, 0.3) is 0 Å².